The standard InChI is InChI=1S/C21H20FN5O3/c1-3-30-19-5-4-12(8-24-19)16-9-23-10-17(27-16)21(28)26-13-6-14-15(7-13)20(22)25-11-18(14)29-2/h4-5,8-11,13H,3,6-7H2,1-2H3,(H,26,28)/t13-/m1/s1. The molecule has 30 heavy (non-hydrogen) atoms. The van der Waals surface area contributed by atoms with Gasteiger partial charge >= 0.3 is 0 Å². The molecule has 1 aliphatic rings. The number of ether oxygens (including phenoxy) is 2. The summed E-state index contributed by atoms with van der Waals surface area (Å²) in [6, 6.07) is 3.26. The topological polar surface area (TPSA) is 99.1 Å². The second-order valence-electron chi connectivity index (χ2n) is 6.76. The molecule has 0 aliphatic heterocycles. The highest BCUT2D eigenvalue weighted by molar-refractivity contribution is 5.92. The number of pyridine rings is 2. The van der Waals surface area contributed by atoms with E-state index in [0.717, 1.165) is 5.56 Å². The van der Waals surface area contributed by atoms with E-state index in [2.05, 4.69) is 25.3 Å². The van der Waals surface area contributed by atoms with Gasteiger partial charge in [-0.1, -0.05) is 0 Å². The van der Waals surface area contributed by atoms with Crippen molar-refractivity contribution < 1.29 is 18.7 Å². The van der Waals surface area contributed by atoms with Gasteiger partial charge in [0.05, 0.1) is 38.0 Å². The fraction of sp³-hybridized carbons (Fsp3) is 0.286. The minimum atomic E-state index is -0.535. The third-order valence-corrected chi connectivity index (χ3v) is 4.85. The zero-order valence-electron chi connectivity index (χ0n) is 16.6. The first-order valence-electron chi connectivity index (χ1n) is 9.51. The summed E-state index contributed by atoms with van der Waals surface area (Å²) in [4.78, 5) is 29.2. The average Bonchev–Trinajstić information content (AvgIpc) is 3.19. The lowest BCUT2D eigenvalue weighted by molar-refractivity contribution is 0.0933. The lowest BCUT2D eigenvalue weighted by Crippen LogP contribution is -2.36. The van der Waals surface area contributed by atoms with Gasteiger partial charge < -0.3 is 14.8 Å². The largest absolute Gasteiger partial charge is 0.495 e. The number of hydrogen-bond acceptors (Lipinski definition) is 7. The van der Waals surface area contributed by atoms with Gasteiger partial charge in [0, 0.05) is 35.0 Å². The Bertz CT molecular complexity index is 1070. The number of carbonyl (C=O) groups excluding carboxylic acids is 1. The van der Waals surface area contributed by atoms with Crippen LogP contribution in [0.4, 0.5) is 4.39 Å². The zero-order valence-corrected chi connectivity index (χ0v) is 16.6. The van der Waals surface area contributed by atoms with Crippen LogP contribution in [0.2, 0.25) is 0 Å². The molecule has 0 radical (unpaired) electrons. The van der Waals surface area contributed by atoms with E-state index in [4.69, 9.17) is 9.47 Å². The van der Waals surface area contributed by atoms with Crippen LogP contribution in [0, 0.1) is 5.95 Å². The molecule has 3 aromatic heterocycles. The van der Waals surface area contributed by atoms with Gasteiger partial charge in [0.15, 0.2) is 0 Å². The van der Waals surface area contributed by atoms with Gasteiger partial charge in [-0.05, 0) is 25.8 Å². The maximum absolute atomic E-state index is 14.0. The van der Waals surface area contributed by atoms with Crippen LogP contribution in [0.1, 0.15) is 28.5 Å². The first-order chi connectivity index (χ1) is 14.6. The maximum atomic E-state index is 14.0. The highest BCUT2D eigenvalue weighted by Crippen LogP contribution is 2.31. The van der Waals surface area contributed by atoms with Gasteiger partial charge in [-0.2, -0.15) is 4.39 Å². The summed E-state index contributed by atoms with van der Waals surface area (Å²) in [6.45, 7) is 2.41. The number of fused-ring (bicyclic) bond motifs is 1. The lowest BCUT2D eigenvalue weighted by atomic mass is 10.1. The van der Waals surface area contributed by atoms with Crippen LogP contribution < -0.4 is 14.8 Å². The van der Waals surface area contributed by atoms with E-state index in [-0.39, 0.29) is 17.6 Å². The van der Waals surface area contributed by atoms with Crippen molar-refractivity contribution in [2.75, 3.05) is 13.7 Å². The summed E-state index contributed by atoms with van der Waals surface area (Å²) in [5.41, 5.74) is 2.61. The van der Waals surface area contributed by atoms with Crippen molar-refractivity contribution in [3.05, 3.63) is 59.7 Å². The Labute approximate surface area is 172 Å². The van der Waals surface area contributed by atoms with Crippen molar-refractivity contribution in [1.82, 2.24) is 25.3 Å². The molecule has 4 rings (SSSR count). The molecule has 154 valence electrons. The summed E-state index contributed by atoms with van der Waals surface area (Å²) >= 11 is 0. The number of hydrogen-bond donors (Lipinski definition) is 1. The van der Waals surface area contributed by atoms with Crippen molar-refractivity contribution in [2.45, 2.75) is 25.8 Å². The average molecular weight is 409 g/mol. The third-order valence-electron chi connectivity index (χ3n) is 4.85. The molecule has 0 saturated heterocycles. The van der Waals surface area contributed by atoms with E-state index in [9.17, 15) is 9.18 Å². The molecule has 3 heterocycles. The molecular formula is C21H20FN5O3. The van der Waals surface area contributed by atoms with E-state index in [1.54, 1.807) is 24.5 Å². The first-order valence-corrected chi connectivity index (χ1v) is 9.51. The molecule has 9 heteroatoms. The number of rotatable bonds is 6. The number of nitrogens with zero attached hydrogens (tertiary/aromatic N) is 4. The van der Waals surface area contributed by atoms with E-state index < -0.39 is 5.95 Å². The van der Waals surface area contributed by atoms with Gasteiger partial charge in [-0.15, -0.1) is 0 Å². The van der Waals surface area contributed by atoms with Crippen LogP contribution in [-0.4, -0.2) is 45.6 Å². The fourth-order valence-corrected chi connectivity index (χ4v) is 3.46. The molecule has 1 N–H and O–H groups in total. The van der Waals surface area contributed by atoms with Gasteiger partial charge in [-0.25, -0.2) is 15.0 Å². The van der Waals surface area contributed by atoms with Gasteiger partial charge in [0.1, 0.15) is 11.4 Å². The molecule has 8 nitrogen and oxygen atoms in total. The Morgan fingerprint density at radius 1 is 1.17 bits per heavy atom. The van der Waals surface area contributed by atoms with Crippen LogP contribution in [0.25, 0.3) is 11.3 Å². The SMILES string of the molecule is CCOc1ccc(-c2cncc(C(=O)N[C@@H]3Cc4c(OC)cnc(F)c4C3)n2)cn1. The third kappa shape index (κ3) is 3.91. The predicted octanol–water partition coefficient (Wildman–Crippen LogP) is 2.38. The van der Waals surface area contributed by atoms with Crippen molar-refractivity contribution >= 4 is 5.91 Å². The van der Waals surface area contributed by atoms with E-state index in [1.165, 1.54) is 19.5 Å². The summed E-state index contributed by atoms with van der Waals surface area (Å²) in [7, 11) is 1.51. The summed E-state index contributed by atoms with van der Waals surface area (Å²) in [6.07, 6.45) is 6.73. The lowest BCUT2D eigenvalue weighted by Gasteiger charge is -2.12. The second kappa shape index (κ2) is 8.40. The van der Waals surface area contributed by atoms with Gasteiger partial charge in [0.2, 0.25) is 11.8 Å². The van der Waals surface area contributed by atoms with E-state index >= 15 is 0 Å². The number of methoxy groups -OCH3 is 1. The number of nitrogens with one attached hydrogen (secondary N) is 1. The molecule has 0 fully saturated rings. The van der Waals surface area contributed by atoms with Crippen LogP contribution >= 0.6 is 0 Å². The number of aromatic nitrogens is 4. The smallest absolute Gasteiger partial charge is 0.271 e. The molecule has 0 unspecified atom stereocenters. The Morgan fingerprint density at radius 2 is 2.00 bits per heavy atom. The molecular weight excluding hydrogens is 389 g/mol. The summed E-state index contributed by atoms with van der Waals surface area (Å²) in [5.74, 6) is 0.120. The molecule has 0 bridgehead atoms. The quantitative estimate of drug-likeness (QED) is 0.624. The molecule has 0 saturated carbocycles. The molecule has 0 aromatic carbocycles. The highest BCUT2D eigenvalue weighted by Gasteiger charge is 2.29. The van der Waals surface area contributed by atoms with Crippen LogP contribution in [-0.2, 0) is 12.8 Å². The van der Waals surface area contributed by atoms with Crippen LogP contribution in [0.15, 0.2) is 36.9 Å². The molecule has 1 amide bonds. The molecule has 1 atom stereocenters. The Hall–Kier alpha value is -3.62. The van der Waals surface area contributed by atoms with Crippen LogP contribution in [0.3, 0.4) is 0 Å². The van der Waals surface area contributed by atoms with Gasteiger partial charge in [-0.3, -0.25) is 9.78 Å². The van der Waals surface area contributed by atoms with E-state index in [1.807, 2.05) is 6.92 Å². The zero-order chi connectivity index (χ0) is 21.1. The molecule has 1 aliphatic carbocycles. The van der Waals surface area contributed by atoms with Crippen molar-refractivity contribution in [2.24, 2.45) is 0 Å². The van der Waals surface area contributed by atoms with Crippen molar-refractivity contribution in [3.8, 4) is 22.9 Å². The Morgan fingerprint density at radius 3 is 2.73 bits per heavy atom. The normalized spacial score (nSPS) is 14.8. The van der Waals surface area contributed by atoms with Crippen molar-refractivity contribution in [1.29, 1.82) is 0 Å². The summed E-state index contributed by atoms with van der Waals surface area (Å²) in [5, 5.41) is 2.90. The molecule has 0 spiro atoms. The fourth-order valence-electron chi connectivity index (χ4n) is 3.46. The van der Waals surface area contributed by atoms with Crippen molar-refractivity contribution in [3.63, 3.8) is 0 Å². The number of halogens is 1. The molecule has 3 aromatic rings. The monoisotopic (exact) mass is 409 g/mol. The summed E-state index contributed by atoms with van der Waals surface area (Å²) < 4.78 is 24.6. The number of amides is 1. The number of carbonyl (C=O) groups is 1. The van der Waals surface area contributed by atoms with E-state index in [0.29, 0.717) is 47.9 Å². The second-order valence-corrected chi connectivity index (χ2v) is 6.76. The van der Waals surface area contributed by atoms with Gasteiger partial charge in [0.25, 0.3) is 5.91 Å². The minimum Gasteiger partial charge on any atom is -0.495 e. The highest BCUT2D eigenvalue weighted by atomic mass is 19.1. The first kappa shape index (κ1) is 19.7. The van der Waals surface area contributed by atoms with Crippen LogP contribution in [0.5, 0.6) is 11.6 Å². The predicted molar refractivity (Wildman–Crippen MR) is 106 cm³/mol. The Kier molecular flexibility index (Phi) is 5.51. The maximum Gasteiger partial charge on any atom is 0.271 e. The minimum absolute atomic E-state index is 0.169. The Balaban J connectivity index is 1.48.